The zero-order valence-electron chi connectivity index (χ0n) is 77.7. The molecule has 4 aromatic heterocycles. The van der Waals surface area contributed by atoms with Gasteiger partial charge < -0.3 is 43.3 Å². The number of nitrogens with zero attached hydrogens (tertiary/aromatic N) is 6. The van der Waals surface area contributed by atoms with Gasteiger partial charge in [-0.25, -0.2) is 41.9 Å². The number of sulfonamides is 2. The van der Waals surface area contributed by atoms with E-state index in [9.17, 15) is 55.5 Å². The number of methoxy groups -OCH3 is 2. The van der Waals surface area contributed by atoms with Crippen molar-refractivity contribution < 1.29 is 120 Å². The third kappa shape index (κ3) is 23.1. The number of fused-ring (bicyclic) bond motifs is 6. The number of thiazole rings is 2. The van der Waals surface area contributed by atoms with Gasteiger partial charge in [-0.1, -0.05) is 91.5 Å². The number of allylic oxidation sites excluding steroid dienone is 4. The Kier molecular flexibility index (Phi) is 31.6. The number of rotatable bonds is 19. The number of hydrogen-bond donors (Lipinski definition) is 3. The van der Waals surface area contributed by atoms with E-state index in [1.807, 2.05) is 99.2 Å². The van der Waals surface area contributed by atoms with Crippen LogP contribution in [0.4, 0.5) is 0 Å². The van der Waals surface area contributed by atoms with Gasteiger partial charge in [0.05, 0.1) is 95.0 Å². The van der Waals surface area contributed by atoms with Gasteiger partial charge in [-0.2, -0.15) is 0 Å². The summed E-state index contributed by atoms with van der Waals surface area (Å²) in [6.07, 6.45) is 16.2. The molecule has 3 amide bonds. The summed E-state index contributed by atoms with van der Waals surface area (Å²) in [5.74, 6) is -4.22. The Morgan fingerprint density at radius 2 is 1.00 bits per heavy atom. The van der Waals surface area contributed by atoms with Crippen molar-refractivity contribution in [1.29, 1.82) is 1.34 Å². The maximum absolute atomic E-state index is 15.0. The molecule has 4 saturated carbocycles. The molecule has 33 heteroatoms. The molecule has 4 aliphatic carbocycles. The predicted molar refractivity (Wildman–Crippen MR) is 488 cm³/mol. The number of amides is 3. The van der Waals surface area contributed by atoms with Crippen LogP contribution in [0.1, 0.15) is 260 Å². The normalized spacial score (nSPS) is 26.5. The monoisotopic (exact) mass is 2050 g/mol. The molecule has 8 aliphatic rings. The number of ketones is 2. The number of aliphatic carboxylic acids is 1. The van der Waals surface area contributed by atoms with Gasteiger partial charge in [0.2, 0.25) is 37.8 Å². The van der Waals surface area contributed by atoms with E-state index in [0.29, 0.717) is 90.4 Å². The topological polar surface area (TPSA) is 377 Å². The van der Waals surface area contributed by atoms with Crippen LogP contribution in [0.2, 0.25) is 0 Å². The summed E-state index contributed by atoms with van der Waals surface area (Å²) in [5, 5.41) is 22.2. The molecule has 127 heavy (non-hydrogen) atoms. The van der Waals surface area contributed by atoms with Gasteiger partial charge in [0.15, 0.2) is 11.6 Å². The molecule has 14 rings (SSSR count). The Balaban J connectivity index is 0.000000240. The quantitative estimate of drug-likeness (QED) is 0.0385. The Morgan fingerprint density at radius 3 is 1.35 bits per heavy atom. The first-order valence-corrected chi connectivity index (χ1v) is 48.9. The van der Waals surface area contributed by atoms with Crippen molar-refractivity contribution in [3.05, 3.63) is 94.0 Å². The fourth-order valence-corrected chi connectivity index (χ4v) is 21.5. The van der Waals surface area contributed by atoms with Crippen molar-refractivity contribution in [2.75, 3.05) is 27.3 Å². The number of carboxylic acids is 1. The number of Topliss-reactive ketones (excluding diaryl/α,β-unsaturated/α-hetero) is 2. The molecule has 2 saturated heterocycles. The van der Waals surface area contributed by atoms with E-state index in [0.717, 1.165) is 101 Å². The molecule has 0 spiro atoms. The molecule has 4 N–H and O–H groups in total. The number of carbonyl (C=O) groups excluding carboxylic acids is 7. The van der Waals surface area contributed by atoms with Gasteiger partial charge in [-0.05, 0) is 196 Å². The summed E-state index contributed by atoms with van der Waals surface area (Å²) in [4.78, 5) is 136. The molecule has 12 atom stereocenters. The van der Waals surface area contributed by atoms with Crippen LogP contribution in [-0.2, 0) is 67.9 Å². The van der Waals surface area contributed by atoms with Crippen LogP contribution in [0.3, 0.4) is 0 Å². The Hall–Kier alpha value is -7.66. The van der Waals surface area contributed by atoms with E-state index >= 15 is 4.79 Å². The smallest absolute Gasteiger partial charge is 0.310 e. The summed E-state index contributed by atoms with van der Waals surface area (Å²) in [6.45, 7) is 30.2. The molecule has 688 valence electrons. The second-order valence-electron chi connectivity index (χ2n) is 39.0. The number of aryl methyl sites for hydroxylation is 2. The number of nitrogens with one attached hydrogen (secondary N) is 1. The summed E-state index contributed by atoms with van der Waals surface area (Å²) in [6, 6.07) is 9.29. The minimum absolute atomic E-state index is 0. The molecule has 0 bridgehead atoms. The average molecular weight is 2050 g/mol. The zero-order valence-corrected chi connectivity index (χ0v) is 84.1. The number of aromatic nitrogens is 4. The number of carboxylic acid groups (broad SMARTS) is 1. The molecule has 2 aromatic carbocycles. The number of primary sulfonamides is 1. The van der Waals surface area contributed by atoms with Crippen LogP contribution >= 0.6 is 22.7 Å². The van der Waals surface area contributed by atoms with Crippen molar-refractivity contribution >= 4 is 120 Å². The fourth-order valence-electron chi connectivity index (χ4n) is 17.6. The van der Waals surface area contributed by atoms with Gasteiger partial charge in [0.25, 0.3) is 0 Å². The molecule has 0 unspecified atom stereocenters. The minimum atomic E-state index is -3.97. The molecule has 6 fully saturated rings. The van der Waals surface area contributed by atoms with Crippen molar-refractivity contribution in [3.63, 3.8) is 0 Å². The van der Waals surface area contributed by atoms with Crippen LogP contribution in [0, 0.1) is 91.3 Å². The number of carbonyl (C=O) groups is 8. The van der Waals surface area contributed by atoms with E-state index in [1.165, 1.54) is 22.7 Å². The van der Waals surface area contributed by atoms with E-state index in [2.05, 4.69) is 40.8 Å². The second-order valence-corrected chi connectivity index (χ2v) is 45.0. The molecule has 4 aliphatic heterocycles. The van der Waals surface area contributed by atoms with Gasteiger partial charge in [0, 0.05) is 121 Å². The standard InChI is InChI=1S/C47H62N4O9S2.C43H55N3O8S.C4H9NO2S.BH.U/c1-27(2)34-26-61-42(49-34)33-22-37(32-17-18-36(58-9)28(3)40(32)48-33)59-38-25-51-41(29(38)4)35(52)24-47(44(55)50-62(56,57)46(8)19-20-46)23-31(47)16-14-12-10-11-13-15-30(43(51)54)21-39(53)60-45(5,6)7;1-24(2)31-23-55-39(45-31)30-19-34(29-16-17-33(52-8)25(3)37(29)44-30)53-35-22-46-38(26(35)4)32(47)21-43(41(50)51)20-28(43)15-13-11-9-10-12-14-27(40(46)49)18-36(48)54-42(5,6)7;1-4(2-3-4)8(5,6)7;;/h14,16-18,22,26-27,29-31,38,41H,10-13,15,19-21,23-25H2,1-9H3,(H,50,55);13,15-17,19,23-24,26-28,35,38H,9-12,14,18,20-22H2,1-8H3,(H,50,51);2-3H2,1H3,(H2,5,6,7);1H;/b16-14-;15-13-;;;/t29-,30-,31-,38+,41+,47-;26-,27-,28-,35+,38+,43-;;;/m11.../s1/i;;;1D;. The second kappa shape index (κ2) is 40.2. The largest absolute Gasteiger partial charge is 0.496 e. The SMILES string of the molecule is CC1(S(N)(=O)=O)CC1.COc1ccc2c(O[C@H]3CN4C(=O)[C@@H](CC(=O)OC(C)(C)C)CCCCC/C=C\[C@@H]5C[C@@]5(C(=O)NS(=O)(=O)C5(C)CC5)CC(=O)[C@@H]4[C@@H]3C)cc(-c3nc(C(C)C)cs3)nc2c1C.COc1ccc2c(O[C@H]3CN4C(=O)[C@@H](CC(=O)OC(C)(C)C)CCCCC/C=C\[C@@H]5C[C@@]5(C(=O)O)CC(=O)[C@@H]4[C@@H]3C)cc(-c3nc(C(C)C)cs3)nc2c1C.[2H][B].[U]. The van der Waals surface area contributed by atoms with Crippen molar-refractivity contribution in [1.82, 2.24) is 34.5 Å². The summed E-state index contributed by atoms with van der Waals surface area (Å²) in [7, 11) is -0.230. The van der Waals surface area contributed by atoms with Crippen molar-refractivity contribution in [3.8, 4) is 44.4 Å². The molecular formula is C94H127BN8O19S4U. The van der Waals surface area contributed by atoms with E-state index in [1.54, 1.807) is 79.4 Å². The van der Waals surface area contributed by atoms with Crippen LogP contribution in [0.25, 0.3) is 43.2 Å². The first kappa shape index (κ1) is 99.9. The number of esters is 2. The van der Waals surface area contributed by atoms with E-state index in [4.69, 9.17) is 54.8 Å². The zero-order chi connectivity index (χ0) is 93.2. The molecular weight excluding hydrogens is 1920 g/mol. The Labute approximate surface area is 783 Å². The maximum atomic E-state index is 15.0. The minimum Gasteiger partial charge on any atom is -0.496 e. The van der Waals surface area contributed by atoms with Crippen LogP contribution in [-0.4, -0.2) is 181 Å². The number of ether oxygens (including phenoxy) is 6. The number of benzene rings is 2. The van der Waals surface area contributed by atoms with Gasteiger partial charge >= 0.3 is 17.9 Å². The van der Waals surface area contributed by atoms with Crippen LogP contribution < -0.4 is 28.8 Å². The number of nitrogens with two attached hydrogens (primary N) is 1. The summed E-state index contributed by atoms with van der Waals surface area (Å²) >= 11 is 3.00. The molecule has 8 heterocycles. The number of hydrogen-bond acceptors (Lipinski definition) is 24. The first-order valence-electron chi connectivity index (χ1n) is 44.7. The van der Waals surface area contributed by atoms with Gasteiger partial charge in [0.1, 0.15) is 67.8 Å². The van der Waals surface area contributed by atoms with Crippen LogP contribution in [0.5, 0.6) is 23.0 Å². The van der Waals surface area contributed by atoms with Gasteiger partial charge in [-0.3, -0.25) is 43.1 Å². The fraction of sp³-hybridized carbons (Fsp3) is 0.617. The third-order valence-corrected chi connectivity index (χ3v) is 32.0. The van der Waals surface area contributed by atoms with Crippen LogP contribution in [0.15, 0.2) is 71.5 Å². The maximum Gasteiger partial charge on any atom is 0.310 e. The average Bonchev–Trinajstić information content (AvgIpc) is 1.55. The summed E-state index contributed by atoms with van der Waals surface area (Å²) < 4.78 is 90.3. The third-order valence-electron chi connectivity index (χ3n) is 26.3. The predicted octanol–water partition coefficient (Wildman–Crippen LogP) is 15.7. The molecule has 27 nitrogen and oxygen atoms in total. The Morgan fingerprint density at radius 1 is 0.606 bits per heavy atom. The summed E-state index contributed by atoms with van der Waals surface area (Å²) in [5.41, 5.74) is 2.20. The van der Waals surface area contributed by atoms with Gasteiger partial charge in [-0.15, -0.1) is 22.7 Å². The Bertz CT molecular complexity index is 5430. The number of pyridine rings is 2. The van der Waals surface area contributed by atoms with Crippen molar-refractivity contribution in [2.45, 2.75) is 296 Å². The molecule has 6 aromatic rings. The molecule has 2 radical (unpaired) electrons. The van der Waals surface area contributed by atoms with E-state index < -0.39 is 123 Å². The van der Waals surface area contributed by atoms with E-state index in [-0.39, 0.29) is 117 Å². The first-order chi connectivity index (χ1) is 59.6. The van der Waals surface area contributed by atoms with Crippen molar-refractivity contribution in [2.24, 2.45) is 51.5 Å².